The van der Waals surface area contributed by atoms with E-state index in [-0.39, 0.29) is 11.7 Å². The Bertz CT molecular complexity index is 1650. The molecule has 1 N–H and O–H groups in total. The number of nitrogens with zero attached hydrogens (tertiary/aromatic N) is 5. The smallest absolute Gasteiger partial charge is 0.406 e. The molecule has 0 spiro atoms. The van der Waals surface area contributed by atoms with Crippen molar-refractivity contribution >= 4 is 45.9 Å². The zero-order chi connectivity index (χ0) is 30.6. The number of thioether (sulfide) groups is 1. The molecule has 43 heavy (non-hydrogen) atoms. The van der Waals surface area contributed by atoms with Crippen molar-refractivity contribution in [1.29, 1.82) is 0 Å². The van der Waals surface area contributed by atoms with Gasteiger partial charge in [-0.15, -0.1) is 18.3 Å². The minimum Gasteiger partial charge on any atom is -0.406 e. The Hall–Kier alpha value is -4.23. The fourth-order valence-electron chi connectivity index (χ4n) is 4.57. The zero-order valence-corrected chi connectivity index (χ0v) is 24.9. The number of aliphatic imine (C=N–C) groups is 1. The first kappa shape index (κ1) is 30.2. The van der Waals surface area contributed by atoms with Crippen molar-refractivity contribution in [2.24, 2.45) is 4.99 Å². The molecule has 1 aromatic heterocycles. The molecule has 1 amide bonds. The molecule has 13 heteroatoms. The maximum atomic E-state index is 12.8. The van der Waals surface area contributed by atoms with Crippen LogP contribution in [0.5, 0.6) is 5.75 Å². The lowest BCUT2D eigenvalue weighted by atomic mass is 10.0. The minimum atomic E-state index is -4.75. The van der Waals surface area contributed by atoms with Gasteiger partial charge in [-0.05, 0) is 72.9 Å². The lowest BCUT2D eigenvalue weighted by molar-refractivity contribution is -0.274. The maximum absolute atomic E-state index is 12.8. The molecule has 1 fully saturated rings. The first-order valence-corrected chi connectivity index (χ1v) is 14.8. The van der Waals surface area contributed by atoms with Crippen molar-refractivity contribution in [2.75, 3.05) is 17.2 Å². The van der Waals surface area contributed by atoms with E-state index in [0.29, 0.717) is 40.5 Å². The number of hydrogen-bond donors (Lipinski definition) is 1. The third-order valence-corrected chi connectivity index (χ3v) is 7.78. The van der Waals surface area contributed by atoms with E-state index in [2.05, 4.69) is 32.1 Å². The number of amidine groups is 1. The number of aromatic nitrogens is 3. The molecule has 0 saturated carbocycles. The van der Waals surface area contributed by atoms with Crippen LogP contribution in [0.1, 0.15) is 23.6 Å². The van der Waals surface area contributed by atoms with Gasteiger partial charge in [0.25, 0.3) is 0 Å². The Morgan fingerprint density at radius 3 is 2.56 bits per heavy atom. The van der Waals surface area contributed by atoms with Crippen LogP contribution in [0.4, 0.5) is 18.9 Å². The number of aryl methyl sites for hydroxylation is 2. The first-order valence-electron chi connectivity index (χ1n) is 13.4. The lowest BCUT2D eigenvalue weighted by Gasteiger charge is -2.22. The topological polar surface area (TPSA) is 84.6 Å². The van der Waals surface area contributed by atoms with Crippen molar-refractivity contribution in [2.45, 2.75) is 33.1 Å². The van der Waals surface area contributed by atoms with E-state index in [1.165, 1.54) is 47.0 Å². The average Bonchev–Trinajstić information content (AvgIpc) is 3.60. The maximum Gasteiger partial charge on any atom is 0.573 e. The molecule has 1 saturated heterocycles. The summed E-state index contributed by atoms with van der Waals surface area (Å²) in [4.78, 5) is 23.3. The molecule has 5 rings (SSSR count). The Balaban J connectivity index is 1.17. The van der Waals surface area contributed by atoms with Crippen LogP contribution < -0.4 is 15.0 Å². The number of nitrogens with one attached hydrogen (secondary N) is 1. The molecule has 0 radical (unpaired) electrons. The summed E-state index contributed by atoms with van der Waals surface area (Å²) in [6.45, 7) is 4.61. The highest BCUT2D eigenvalue weighted by molar-refractivity contribution is 8.15. The van der Waals surface area contributed by atoms with Crippen LogP contribution in [-0.4, -0.2) is 49.6 Å². The Kier molecular flexibility index (Phi) is 9.11. The van der Waals surface area contributed by atoms with E-state index < -0.39 is 6.36 Å². The van der Waals surface area contributed by atoms with Gasteiger partial charge >= 0.3 is 6.36 Å². The summed E-state index contributed by atoms with van der Waals surface area (Å²) >= 11 is 6.85. The molecule has 222 valence electrons. The number of carbonyl (C=O) groups excluding carboxylic acids is 1. The van der Waals surface area contributed by atoms with Crippen molar-refractivity contribution in [3.05, 3.63) is 89.7 Å². The van der Waals surface area contributed by atoms with E-state index >= 15 is 0 Å². The lowest BCUT2D eigenvalue weighted by Crippen LogP contribution is -2.33. The van der Waals surface area contributed by atoms with Gasteiger partial charge < -0.3 is 10.1 Å². The SMILES string of the molecule is CCc1cccc(C)c1N1C(=O)CSC1=NC(=S)NCCc1ccc(-c2ncn(-c3ccc(OC(F)(F)F)cc3)n2)cc1. The van der Waals surface area contributed by atoms with Gasteiger partial charge in [0.15, 0.2) is 16.1 Å². The van der Waals surface area contributed by atoms with Crippen LogP contribution in [0.15, 0.2) is 78.0 Å². The van der Waals surface area contributed by atoms with Gasteiger partial charge in [0.05, 0.1) is 17.1 Å². The highest BCUT2D eigenvalue weighted by Gasteiger charge is 2.32. The molecule has 1 aliphatic rings. The Morgan fingerprint density at radius 2 is 1.86 bits per heavy atom. The summed E-state index contributed by atoms with van der Waals surface area (Å²) in [5, 5.41) is 8.50. The standard InChI is InChI=1S/C30H27F3N6O2S2/c1-3-21-6-4-5-19(2)26(21)39-25(40)17-43-29(39)36-28(42)34-16-15-20-7-9-22(10-8-20)27-35-18-38(37-27)23-11-13-24(14-12-23)41-30(31,32)33/h4-14,18H,3,15-17H2,1-2H3,(H,34,42). The third-order valence-electron chi connectivity index (χ3n) is 6.62. The van der Waals surface area contributed by atoms with Gasteiger partial charge in [-0.1, -0.05) is 61.2 Å². The first-order chi connectivity index (χ1) is 20.6. The highest BCUT2D eigenvalue weighted by atomic mass is 32.2. The molecular formula is C30H27F3N6O2S2. The number of para-hydroxylation sites is 1. The summed E-state index contributed by atoms with van der Waals surface area (Å²) in [5.41, 5.74) is 5.38. The van der Waals surface area contributed by atoms with E-state index in [9.17, 15) is 18.0 Å². The second kappa shape index (κ2) is 13.0. The normalized spacial score (nSPS) is 14.4. The predicted molar refractivity (Wildman–Crippen MR) is 166 cm³/mol. The largest absolute Gasteiger partial charge is 0.573 e. The van der Waals surface area contributed by atoms with Gasteiger partial charge in [-0.2, -0.15) is 4.99 Å². The van der Waals surface area contributed by atoms with Gasteiger partial charge in [0.2, 0.25) is 5.91 Å². The second-order valence-electron chi connectivity index (χ2n) is 9.58. The van der Waals surface area contributed by atoms with Crippen molar-refractivity contribution in [1.82, 2.24) is 20.1 Å². The quantitative estimate of drug-likeness (QED) is 0.232. The monoisotopic (exact) mass is 624 g/mol. The number of anilines is 1. The molecule has 2 heterocycles. The van der Waals surface area contributed by atoms with Crippen molar-refractivity contribution in [3.8, 4) is 22.8 Å². The van der Waals surface area contributed by atoms with Crippen LogP contribution in [0.25, 0.3) is 17.1 Å². The fraction of sp³-hybridized carbons (Fsp3) is 0.233. The molecular weight excluding hydrogens is 597 g/mol. The Morgan fingerprint density at radius 1 is 1.12 bits per heavy atom. The van der Waals surface area contributed by atoms with E-state index in [4.69, 9.17) is 12.2 Å². The minimum absolute atomic E-state index is 0.0107. The number of thiocarbonyl (C=S) groups is 1. The van der Waals surface area contributed by atoms with Crippen molar-refractivity contribution in [3.63, 3.8) is 0 Å². The van der Waals surface area contributed by atoms with Gasteiger partial charge in [-0.3, -0.25) is 9.69 Å². The summed E-state index contributed by atoms with van der Waals surface area (Å²) in [7, 11) is 0. The van der Waals surface area contributed by atoms with E-state index in [1.807, 2.05) is 49.4 Å². The number of amides is 1. The average molecular weight is 625 g/mol. The van der Waals surface area contributed by atoms with Crippen LogP contribution in [-0.2, 0) is 17.6 Å². The predicted octanol–water partition coefficient (Wildman–Crippen LogP) is 6.26. The number of alkyl halides is 3. The summed E-state index contributed by atoms with van der Waals surface area (Å²) in [6, 6.07) is 19.1. The van der Waals surface area contributed by atoms with Crippen LogP contribution >= 0.6 is 24.0 Å². The van der Waals surface area contributed by atoms with E-state index in [0.717, 1.165) is 34.4 Å². The molecule has 4 aromatic rings. The van der Waals surface area contributed by atoms with Gasteiger partial charge in [0, 0.05) is 12.1 Å². The fourth-order valence-corrected chi connectivity index (χ4v) is 5.68. The zero-order valence-electron chi connectivity index (χ0n) is 23.3. The van der Waals surface area contributed by atoms with Crippen LogP contribution in [0.3, 0.4) is 0 Å². The third kappa shape index (κ3) is 7.41. The number of carbonyl (C=O) groups is 1. The molecule has 3 aromatic carbocycles. The van der Waals surface area contributed by atoms with Crippen molar-refractivity contribution < 1.29 is 22.7 Å². The molecule has 0 bridgehead atoms. The number of hydrogen-bond acceptors (Lipinski definition) is 6. The number of halogens is 3. The summed E-state index contributed by atoms with van der Waals surface area (Å²) < 4.78 is 42.6. The van der Waals surface area contributed by atoms with E-state index in [1.54, 1.807) is 4.90 Å². The summed E-state index contributed by atoms with van der Waals surface area (Å²) in [5.74, 6) is 0.479. The van der Waals surface area contributed by atoms with Crippen LogP contribution in [0.2, 0.25) is 0 Å². The summed E-state index contributed by atoms with van der Waals surface area (Å²) in [6.07, 6.45) is -1.76. The number of ether oxygens (including phenoxy) is 1. The highest BCUT2D eigenvalue weighted by Crippen LogP contribution is 2.33. The number of rotatable bonds is 8. The van der Waals surface area contributed by atoms with Crippen LogP contribution in [0, 0.1) is 6.92 Å². The molecule has 0 unspecified atom stereocenters. The molecule has 0 atom stereocenters. The van der Waals surface area contributed by atoms with Gasteiger partial charge in [0.1, 0.15) is 12.1 Å². The molecule has 0 aliphatic carbocycles. The number of benzene rings is 3. The molecule has 8 nitrogen and oxygen atoms in total. The Labute approximate surface area is 256 Å². The van der Waals surface area contributed by atoms with Gasteiger partial charge in [-0.25, -0.2) is 9.67 Å². The molecule has 1 aliphatic heterocycles. The second-order valence-corrected chi connectivity index (χ2v) is 10.9.